The lowest BCUT2D eigenvalue weighted by Crippen LogP contribution is -2.29. The largest absolute Gasteiger partial charge is 0.493 e. The second kappa shape index (κ2) is 9.01. The molecule has 0 unspecified atom stereocenters. The van der Waals surface area contributed by atoms with Crippen LogP contribution < -0.4 is 20.5 Å². The van der Waals surface area contributed by atoms with Crippen LogP contribution in [-0.4, -0.2) is 36.1 Å². The zero-order valence-electron chi connectivity index (χ0n) is 16.5. The summed E-state index contributed by atoms with van der Waals surface area (Å²) < 4.78 is 11.8. The molecule has 1 heterocycles. The highest BCUT2D eigenvalue weighted by molar-refractivity contribution is 6.04. The maximum absolute atomic E-state index is 12.7. The Morgan fingerprint density at radius 2 is 1.86 bits per heavy atom. The van der Waals surface area contributed by atoms with Gasteiger partial charge >= 0.3 is 0 Å². The average Bonchev–Trinajstić information content (AvgIpc) is 2.75. The molecule has 0 saturated heterocycles. The van der Waals surface area contributed by atoms with Crippen LogP contribution in [0.4, 0.5) is 0 Å². The number of hydrogen-bond donors (Lipinski definition) is 1. The van der Waals surface area contributed by atoms with Gasteiger partial charge in [0.1, 0.15) is 0 Å². The lowest BCUT2D eigenvalue weighted by Gasteiger charge is -2.09. The topological polar surface area (TPSA) is 94.8 Å². The van der Waals surface area contributed by atoms with Crippen LogP contribution >= 0.6 is 0 Å². The van der Waals surface area contributed by atoms with Gasteiger partial charge in [-0.1, -0.05) is 25.1 Å². The van der Waals surface area contributed by atoms with Crippen molar-refractivity contribution in [1.82, 2.24) is 15.2 Å². The van der Waals surface area contributed by atoms with E-state index in [0.717, 1.165) is 12.0 Å². The normalized spacial score (nSPS) is 11.0. The van der Waals surface area contributed by atoms with Gasteiger partial charge in [-0.25, -0.2) is 10.1 Å². The number of hydrazone groups is 1. The van der Waals surface area contributed by atoms with Crippen molar-refractivity contribution in [2.75, 3.05) is 14.2 Å². The summed E-state index contributed by atoms with van der Waals surface area (Å²) in [5.41, 5.74) is 3.13. The van der Waals surface area contributed by atoms with Crippen LogP contribution in [0.15, 0.2) is 52.4 Å². The third-order valence-electron chi connectivity index (χ3n) is 4.31. The van der Waals surface area contributed by atoms with E-state index in [1.165, 1.54) is 10.9 Å². The van der Waals surface area contributed by atoms with Gasteiger partial charge in [0.15, 0.2) is 17.2 Å². The molecule has 0 fully saturated rings. The highest BCUT2D eigenvalue weighted by atomic mass is 16.5. The maximum Gasteiger partial charge on any atom is 0.292 e. The van der Waals surface area contributed by atoms with E-state index >= 15 is 0 Å². The number of rotatable bonds is 7. The molecule has 8 nitrogen and oxygen atoms in total. The zero-order valence-corrected chi connectivity index (χ0v) is 16.5. The number of aromatic nitrogens is 2. The summed E-state index contributed by atoms with van der Waals surface area (Å²) in [7, 11) is 3.10. The van der Waals surface area contributed by atoms with Gasteiger partial charge in [-0.15, -0.1) is 0 Å². The Morgan fingerprint density at radius 3 is 2.55 bits per heavy atom. The number of nitrogens with one attached hydrogen (secondary N) is 1. The van der Waals surface area contributed by atoms with Crippen LogP contribution in [0, 0.1) is 0 Å². The summed E-state index contributed by atoms with van der Waals surface area (Å²) in [6.45, 7) is 2.37. The van der Waals surface area contributed by atoms with E-state index in [-0.39, 0.29) is 11.3 Å². The number of ether oxygens (including phenoxy) is 2. The van der Waals surface area contributed by atoms with Crippen molar-refractivity contribution in [2.24, 2.45) is 5.10 Å². The molecule has 2 aromatic carbocycles. The van der Waals surface area contributed by atoms with Crippen molar-refractivity contribution in [1.29, 1.82) is 0 Å². The van der Waals surface area contributed by atoms with E-state index in [9.17, 15) is 9.59 Å². The standard InChI is InChI=1S/C21H22N4O4/c1-4-11-25-21(27)16-8-6-5-7-15(16)19(24-25)20(26)23-22-13-14-9-10-17(28-2)18(12-14)29-3/h5-10,12-13H,4,11H2,1-3H3,(H,23,26)/b22-13+. The molecule has 0 bridgehead atoms. The fourth-order valence-corrected chi connectivity index (χ4v) is 2.92. The van der Waals surface area contributed by atoms with Crippen LogP contribution in [0.3, 0.4) is 0 Å². The van der Waals surface area contributed by atoms with Crippen molar-refractivity contribution in [3.8, 4) is 11.5 Å². The second-order valence-corrected chi connectivity index (χ2v) is 6.24. The lowest BCUT2D eigenvalue weighted by atomic mass is 10.1. The molecule has 0 aliphatic carbocycles. The van der Waals surface area contributed by atoms with Gasteiger partial charge in [0.2, 0.25) is 0 Å². The second-order valence-electron chi connectivity index (χ2n) is 6.24. The highest BCUT2D eigenvalue weighted by Gasteiger charge is 2.16. The Balaban J connectivity index is 1.88. The van der Waals surface area contributed by atoms with Crippen molar-refractivity contribution < 1.29 is 14.3 Å². The molecule has 0 saturated carbocycles. The number of aryl methyl sites for hydroxylation is 1. The Morgan fingerprint density at radius 1 is 1.14 bits per heavy atom. The number of amides is 1. The first-order valence-electron chi connectivity index (χ1n) is 9.14. The van der Waals surface area contributed by atoms with Crippen molar-refractivity contribution in [3.63, 3.8) is 0 Å². The van der Waals surface area contributed by atoms with Crippen LogP contribution in [0.2, 0.25) is 0 Å². The molecule has 29 heavy (non-hydrogen) atoms. The predicted octanol–water partition coefficient (Wildman–Crippen LogP) is 2.59. The maximum atomic E-state index is 12.7. The molecular weight excluding hydrogens is 372 g/mol. The number of nitrogens with zero attached hydrogens (tertiary/aromatic N) is 3. The quantitative estimate of drug-likeness (QED) is 0.491. The molecule has 8 heteroatoms. The van der Waals surface area contributed by atoms with Crippen molar-refractivity contribution >= 4 is 22.9 Å². The van der Waals surface area contributed by atoms with Gasteiger partial charge in [-0.3, -0.25) is 9.59 Å². The molecule has 150 valence electrons. The van der Waals surface area contributed by atoms with Crippen LogP contribution in [0.25, 0.3) is 10.8 Å². The number of methoxy groups -OCH3 is 2. The van der Waals surface area contributed by atoms with Gasteiger partial charge in [-0.05, 0) is 36.2 Å². The minimum Gasteiger partial charge on any atom is -0.493 e. The summed E-state index contributed by atoms with van der Waals surface area (Å²) in [5.74, 6) is 0.660. The first kappa shape index (κ1) is 20.1. The van der Waals surface area contributed by atoms with E-state index < -0.39 is 5.91 Å². The molecule has 3 aromatic rings. The lowest BCUT2D eigenvalue weighted by molar-refractivity contribution is 0.0949. The molecule has 0 atom stereocenters. The van der Waals surface area contributed by atoms with Crippen molar-refractivity contribution in [3.05, 3.63) is 64.1 Å². The summed E-state index contributed by atoms with van der Waals surface area (Å²) in [5, 5.41) is 9.19. The van der Waals surface area contributed by atoms with Gasteiger partial charge in [0, 0.05) is 11.9 Å². The number of benzene rings is 2. The molecule has 1 N–H and O–H groups in total. The Hall–Kier alpha value is -3.68. The van der Waals surface area contributed by atoms with E-state index in [0.29, 0.717) is 28.8 Å². The minimum absolute atomic E-state index is 0.151. The molecular formula is C21H22N4O4. The number of fused-ring (bicyclic) bond motifs is 1. The molecule has 0 radical (unpaired) electrons. The van der Waals surface area contributed by atoms with E-state index in [2.05, 4.69) is 15.6 Å². The Labute approximate surface area is 167 Å². The third-order valence-corrected chi connectivity index (χ3v) is 4.31. The molecule has 1 aromatic heterocycles. The summed E-state index contributed by atoms with van der Waals surface area (Å²) in [6.07, 6.45) is 2.22. The fourth-order valence-electron chi connectivity index (χ4n) is 2.92. The van der Waals surface area contributed by atoms with Gasteiger partial charge in [-0.2, -0.15) is 10.2 Å². The third kappa shape index (κ3) is 4.26. The van der Waals surface area contributed by atoms with Crippen LogP contribution in [0.1, 0.15) is 29.4 Å². The summed E-state index contributed by atoms with van der Waals surface area (Å²) in [6, 6.07) is 12.2. The Kier molecular flexibility index (Phi) is 6.23. The number of hydrogen-bond acceptors (Lipinski definition) is 6. The molecule has 1 amide bonds. The van der Waals surface area contributed by atoms with Gasteiger partial charge in [0.25, 0.3) is 11.5 Å². The monoisotopic (exact) mass is 394 g/mol. The smallest absolute Gasteiger partial charge is 0.292 e. The van der Waals surface area contributed by atoms with E-state index in [1.807, 2.05) is 6.92 Å². The minimum atomic E-state index is -0.497. The van der Waals surface area contributed by atoms with E-state index in [1.54, 1.807) is 56.7 Å². The van der Waals surface area contributed by atoms with Crippen LogP contribution in [0.5, 0.6) is 11.5 Å². The molecule has 0 spiro atoms. The van der Waals surface area contributed by atoms with E-state index in [4.69, 9.17) is 9.47 Å². The van der Waals surface area contributed by atoms with Crippen LogP contribution in [-0.2, 0) is 6.54 Å². The predicted molar refractivity (Wildman–Crippen MR) is 111 cm³/mol. The van der Waals surface area contributed by atoms with Gasteiger partial charge in [0.05, 0.1) is 25.8 Å². The summed E-state index contributed by atoms with van der Waals surface area (Å²) in [4.78, 5) is 25.2. The van der Waals surface area contributed by atoms with Gasteiger partial charge < -0.3 is 9.47 Å². The average molecular weight is 394 g/mol. The summed E-state index contributed by atoms with van der Waals surface area (Å²) >= 11 is 0. The molecule has 0 aliphatic heterocycles. The SMILES string of the molecule is CCCn1nc(C(=O)N/N=C/c2ccc(OC)c(OC)c2)c2ccccc2c1=O. The molecule has 0 aliphatic rings. The molecule has 3 rings (SSSR count). The highest BCUT2D eigenvalue weighted by Crippen LogP contribution is 2.26. The fraction of sp³-hybridized carbons (Fsp3) is 0.238. The van der Waals surface area contributed by atoms with Crippen molar-refractivity contribution in [2.45, 2.75) is 19.9 Å². The Bertz CT molecular complexity index is 1120. The number of carbonyl (C=O) groups is 1. The first-order chi connectivity index (χ1) is 14.1. The first-order valence-corrected chi connectivity index (χ1v) is 9.14. The number of carbonyl (C=O) groups excluding carboxylic acids is 1. The zero-order chi connectivity index (χ0) is 20.8.